The lowest BCUT2D eigenvalue weighted by atomic mass is 10.0. The van der Waals surface area contributed by atoms with Crippen LogP contribution in [0.15, 0.2) is 28.7 Å². The van der Waals surface area contributed by atoms with Crippen LogP contribution in [-0.4, -0.2) is 24.3 Å². The Morgan fingerprint density at radius 2 is 2.12 bits per heavy atom. The molecule has 0 heterocycles. The van der Waals surface area contributed by atoms with Crippen LogP contribution in [0.4, 0.5) is 0 Å². The summed E-state index contributed by atoms with van der Waals surface area (Å²) in [7, 11) is 0. The highest BCUT2D eigenvalue weighted by atomic mass is 79.9. The zero-order chi connectivity index (χ0) is 12.0. The Labute approximate surface area is 106 Å². The second kappa shape index (κ2) is 7.05. The summed E-state index contributed by atoms with van der Waals surface area (Å²) in [5, 5.41) is 12.2. The summed E-state index contributed by atoms with van der Waals surface area (Å²) >= 11 is 3.48. The van der Waals surface area contributed by atoms with E-state index < -0.39 is 0 Å². The van der Waals surface area contributed by atoms with Crippen molar-refractivity contribution in [2.24, 2.45) is 0 Å². The van der Waals surface area contributed by atoms with Crippen molar-refractivity contribution in [2.75, 3.05) is 13.2 Å². The molecule has 0 saturated heterocycles. The van der Waals surface area contributed by atoms with Gasteiger partial charge in [0.05, 0.1) is 0 Å². The van der Waals surface area contributed by atoms with Crippen molar-refractivity contribution in [3.8, 4) is 0 Å². The van der Waals surface area contributed by atoms with Gasteiger partial charge in [-0.1, -0.05) is 35.0 Å². The first-order valence-corrected chi connectivity index (χ1v) is 6.52. The van der Waals surface area contributed by atoms with Gasteiger partial charge in [-0.15, -0.1) is 0 Å². The van der Waals surface area contributed by atoms with Crippen molar-refractivity contribution in [2.45, 2.75) is 32.2 Å². The number of hydrogen-bond donors (Lipinski definition) is 2. The lowest BCUT2D eigenvalue weighted by Crippen LogP contribution is -2.30. The maximum Gasteiger partial charge on any atom is 0.0445 e. The van der Waals surface area contributed by atoms with E-state index in [1.165, 1.54) is 5.56 Å². The van der Waals surface area contributed by atoms with Crippen molar-refractivity contribution in [3.63, 3.8) is 0 Å². The monoisotopic (exact) mass is 285 g/mol. The lowest BCUT2D eigenvalue weighted by molar-refractivity contribution is 0.268. The molecule has 0 fully saturated rings. The van der Waals surface area contributed by atoms with Crippen LogP contribution in [0.5, 0.6) is 0 Å². The highest BCUT2D eigenvalue weighted by Crippen LogP contribution is 2.19. The van der Waals surface area contributed by atoms with E-state index in [-0.39, 0.29) is 6.61 Å². The summed E-state index contributed by atoms with van der Waals surface area (Å²) in [5.41, 5.74) is 1.33. The zero-order valence-corrected chi connectivity index (χ0v) is 11.5. The van der Waals surface area contributed by atoms with Crippen LogP contribution in [0.2, 0.25) is 0 Å². The molecule has 90 valence electrons. The average Bonchev–Trinajstić information content (AvgIpc) is 2.26. The molecule has 0 spiro atoms. The van der Waals surface area contributed by atoms with Gasteiger partial charge in [-0.3, -0.25) is 0 Å². The Bertz CT molecular complexity index is 317. The van der Waals surface area contributed by atoms with Gasteiger partial charge >= 0.3 is 0 Å². The van der Waals surface area contributed by atoms with Crippen LogP contribution in [0, 0.1) is 0 Å². The lowest BCUT2D eigenvalue weighted by Gasteiger charge is -2.17. The van der Waals surface area contributed by atoms with Crippen molar-refractivity contribution < 1.29 is 5.11 Å². The third kappa shape index (κ3) is 4.64. The normalized spacial score (nSPS) is 14.8. The Morgan fingerprint density at radius 1 is 1.38 bits per heavy atom. The van der Waals surface area contributed by atoms with Crippen molar-refractivity contribution in [1.82, 2.24) is 5.32 Å². The predicted octanol–water partition coefficient (Wildman–Crippen LogP) is 2.91. The van der Waals surface area contributed by atoms with Crippen LogP contribution in [-0.2, 0) is 0 Å². The van der Waals surface area contributed by atoms with E-state index in [1.54, 1.807) is 0 Å². The molecule has 2 atom stereocenters. The Hall–Kier alpha value is -0.380. The second-order valence-electron chi connectivity index (χ2n) is 4.28. The van der Waals surface area contributed by atoms with Crippen LogP contribution in [0.25, 0.3) is 0 Å². The molecule has 2 nitrogen and oxygen atoms in total. The highest BCUT2D eigenvalue weighted by Gasteiger charge is 2.07. The topological polar surface area (TPSA) is 32.3 Å². The molecule has 2 N–H and O–H groups in total. The predicted molar refractivity (Wildman–Crippen MR) is 71.7 cm³/mol. The molecule has 3 heteroatoms. The van der Waals surface area contributed by atoms with E-state index >= 15 is 0 Å². The molecule has 0 aliphatic carbocycles. The van der Waals surface area contributed by atoms with Gasteiger partial charge in [0.2, 0.25) is 0 Å². The number of benzene rings is 1. The number of hydrogen-bond acceptors (Lipinski definition) is 2. The molecular weight excluding hydrogens is 266 g/mol. The van der Waals surface area contributed by atoms with Gasteiger partial charge in [0.1, 0.15) is 0 Å². The van der Waals surface area contributed by atoms with Crippen LogP contribution in [0.1, 0.15) is 31.7 Å². The van der Waals surface area contributed by atoms with Crippen LogP contribution in [0.3, 0.4) is 0 Å². The molecule has 0 saturated carbocycles. The summed E-state index contributed by atoms with van der Waals surface area (Å²) in [6, 6.07) is 8.78. The maximum atomic E-state index is 8.81. The van der Waals surface area contributed by atoms with Crippen molar-refractivity contribution in [1.29, 1.82) is 0 Å². The molecule has 0 amide bonds. The Kier molecular flexibility index (Phi) is 6.03. The van der Waals surface area contributed by atoms with E-state index in [4.69, 9.17) is 5.11 Å². The van der Waals surface area contributed by atoms with E-state index in [1.807, 2.05) is 6.07 Å². The summed E-state index contributed by atoms with van der Waals surface area (Å²) < 4.78 is 1.13. The minimum Gasteiger partial charge on any atom is -0.396 e. The Balaban J connectivity index is 2.43. The molecule has 1 aromatic rings. The summed E-state index contributed by atoms with van der Waals surface area (Å²) in [6.07, 6.45) is 0.811. The maximum absolute atomic E-state index is 8.81. The highest BCUT2D eigenvalue weighted by molar-refractivity contribution is 9.10. The van der Waals surface area contributed by atoms with Gasteiger partial charge in [-0.25, -0.2) is 0 Å². The minimum absolute atomic E-state index is 0.249. The van der Waals surface area contributed by atoms with Crippen LogP contribution < -0.4 is 5.32 Å². The summed E-state index contributed by atoms with van der Waals surface area (Å²) in [4.78, 5) is 0. The Morgan fingerprint density at radius 3 is 2.75 bits per heavy atom. The van der Waals surface area contributed by atoms with Gasteiger partial charge < -0.3 is 10.4 Å². The van der Waals surface area contributed by atoms with Gasteiger partial charge in [-0.2, -0.15) is 0 Å². The number of aliphatic hydroxyl groups is 1. The SMILES string of the molecule is CC(CCO)NCC(C)c1cccc(Br)c1. The van der Waals surface area contributed by atoms with Gasteiger partial charge in [-0.05, 0) is 37.0 Å². The zero-order valence-electron chi connectivity index (χ0n) is 9.91. The van der Waals surface area contributed by atoms with E-state index in [2.05, 4.69) is 53.3 Å². The van der Waals surface area contributed by atoms with Crippen molar-refractivity contribution >= 4 is 15.9 Å². The summed E-state index contributed by atoms with van der Waals surface area (Å²) in [5.74, 6) is 0.485. The fourth-order valence-electron chi connectivity index (χ4n) is 1.60. The number of rotatable bonds is 6. The first-order valence-electron chi connectivity index (χ1n) is 5.73. The van der Waals surface area contributed by atoms with E-state index in [0.29, 0.717) is 12.0 Å². The number of halogens is 1. The molecule has 1 aromatic carbocycles. The third-order valence-electron chi connectivity index (χ3n) is 2.75. The average molecular weight is 286 g/mol. The largest absolute Gasteiger partial charge is 0.396 e. The molecule has 1 rings (SSSR count). The molecule has 0 aromatic heterocycles. The van der Waals surface area contributed by atoms with Crippen LogP contribution >= 0.6 is 15.9 Å². The minimum atomic E-state index is 0.249. The molecule has 0 bridgehead atoms. The number of nitrogens with one attached hydrogen (secondary N) is 1. The fourth-order valence-corrected chi connectivity index (χ4v) is 2.02. The molecule has 0 radical (unpaired) electrons. The second-order valence-corrected chi connectivity index (χ2v) is 5.19. The quantitative estimate of drug-likeness (QED) is 0.842. The van der Waals surface area contributed by atoms with E-state index in [9.17, 15) is 0 Å². The van der Waals surface area contributed by atoms with Gasteiger partial charge in [0, 0.05) is 23.7 Å². The van der Waals surface area contributed by atoms with Crippen molar-refractivity contribution in [3.05, 3.63) is 34.3 Å². The molecular formula is C13H20BrNO. The first-order chi connectivity index (χ1) is 7.63. The summed E-state index contributed by atoms with van der Waals surface area (Å²) in [6.45, 7) is 5.50. The fraction of sp³-hybridized carbons (Fsp3) is 0.538. The smallest absolute Gasteiger partial charge is 0.0445 e. The molecule has 16 heavy (non-hydrogen) atoms. The van der Waals surface area contributed by atoms with Gasteiger partial charge in [0.25, 0.3) is 0 Å². The standard InChI is InChI=1S/C13H20BrNO/c1-10(9-15-11(2)6-7-16)12-4-3-5-13(14)8-12/h3-5,8,10-11,15-16H,6-7,9H2,1-2H3. The van der Waals surface area contributed by atoms with E-state index in [0.717, 1.165) is 17.4 Å². The molecule has 2 unspecified atom stereocenters. The van der Waals surface area contributed by atoms with Gasteiger partial charge in [0.15, 0.2) is 0 Å². The third-order valence-corrected chi connectivity index (χ3v) is 3.25. The molecule has 0 aliphatic rings. The molecule has 0 aliphatic heterocycles. The number of aliphatic hydroxyl groups excluding tert-OH is 1. The first kappa shape index (κ1) is 13.7.